The fraction of sp³-hybridized carbons (Fsp3) is 1.00. The highest BCUT2D eigenvalue weighted by atomic mass is 31.1. The fourth-order valence-corrected chi connectivity index (χ4v) is 1.63. The van der Waals surface area contributed by atoms with Crippen LogP contribution in [0.15, 0.2) is 0 Å². The molecular weight excluding hydrogens is 147 g/mol. The van der Waals surface area contributed by atoms with Crippen LogP contribution in [0.3, 0.4) is 0 Å². The Bertz CT molecular complexity index is 102. The number of hydrogen-bond acceptors (Lipinski definition) is 2. The largest absolute Gasteiger partial charge is 0.508 e. The van der Waals surface area contributed by atoms with Gasteiger partial charge in [-0.1, -0.05) is 20.8 Å². The van der Waals surface area contributed by atoms with Gasteiger partial charge < -0.3 is 0 Å². The lowest BCUT2D eigenvalue weighted by Crippen LogP contribution is -1.93. The fourth-order valence-electron chi connectivity index (χ4n) is 0.544. The van der Waals surface area contributed by atoms with Crippen molar-refractivity contribution in [2.75, 3.05) is 12.8 Å². The lowest BCUT2D eigenvalue weighted by Gasteiger charge is -1.91. The highest BCUT2D eigenvalue weighted by Gasteiger charge is 2.18. The van der Waals surface area contributed by atoms with Gasteiger partial charge in [0.15, 0.2) is 6.16 Å². The van der Waals surface area contributed by atoms with E-state index in [-0.39, 0.29) is 0 Å². The average molecular weight is 163 g/mol. The summed E-state index contributed by atoms with van der Waals surface area (Å²) in [5.41, 5.74) is 0. The first-order valence-corrected chi connectivity index (χ1v) is 5.10. The molecule has 0 aliphatic heterocycles. The van der Waals surface area contributed by atoms with Crippen LogP contribution in [-0.2, 0) is 9.09 Å². The summed E-state index contributed by atoms with van der Waals surface area (Å²) in [6, 6.07) is 0. The maximum Gasteiger partial charge on any atom is 0.508 e. The maximum atomic E-state index is 10.9. The minimum Gasteiger partial charge on any atom is -0.146 e. The van der Waals surface area contributed by atoms with Crippen LogP contribution in [0.2, 0.25) is 0 Å². The molecule has 0 bridgehead atoms. The molecule has 0 amide bonds. The van der Waals surface area contributed by atoms with Gasteiger partial charge in [0.2, 0.25) is 0 Å². The molecule has 0 aromatic heterocycles. The molecule has 0 N–H and O–H groups in total. The zero-order valence-electron chi connectivity index (χ0n) is 6.96. The molecule has 0 aromatic carbocycles. The van der Waals surface area contributed by atoms with Gasteiger partial charge in [-0.2, -0.15) is 0 Å². The summed E-state index contributed by atoms with van der Waals surface area (Å²) in [5.74, 6) is 0.473. The van der Waals surface area contributed by atoms with Crippen molar-refractivity contribution in [1.29, 1.82) is 0 Å². The SMILES string of the molecule is CCCO[P+](=O)CC(C)C. The Morgan fingerprint density at radius 2 is 2.10 bits per heavy atom. The van der Waals surface area contributed by atoms with Crippen LogP contribution in [0.25, 0.3) is 0 Å². The molecular formula is C7H16O2P+. The van der Waals surface area contributed by atoms with E-state index >= 15 is 0 Å². The molecule has 0 saturated heterocycles. The smallest absolute Gasteiger partial charge is 0.146 e. The average Bonchev–Trinajstić information content (AvgIpc) is 1.82. The first kappa shape index (κ1) is 10.1. The van der Waals surface area contributed by atoms with Crippen molar-refractivity contribution in [1.82, 2.24) is 0 Å². The van der Waals surface area contributed by atoms with Gasteiger partial charge in [-0.15, -0.1) is 4.52 Å². The second kappa shape index (κ2) is 5.82. The lowest BCUT2D eigenvalue weighted by atomic mass is 10.3. The van der Waals surface area contributed by atoms with Gasteiger partial charge in [0.1, 0.15) is 6.61 Å². The third kappa shape index (κ3) is 6.18. The maximum absolute atomic E-state index is 10.9. The normalized spacial score (nSPS) is 12.2. The lowest BCUT2D eigenvalue weighted by molar-refractivity contribution is 0.326. The molecule has 0 aliphatic rings. The predicted molar refractivity (Wildman–Crippen MR) is 43.6 cm³/mol. The van der Waals surface area contributed by atoms with E-state index in [0.29, 0.717) is 18.7 Å². The summed E-state index contributed by atoms with van der Waals surface area (Å²) in [5, 5.41) is 0. The Hall–Kier alpha value is 0.0600. The van der Waals surface area contributed by atoms with Crippen LogP contribution >= 0.6 is 8.03 Å². The van der Waals surface area contributed by atoms with E-state index in [1.54, 1.807) is 0 Å². The van der Waals surface area contributed by atoms with Crippen molar-refractivity contribution in [3.8, 4) is 0 Å². The summed E-state index contributed by atoms with van der Waals surface area (Å²) in [4.78, 5) is 0. The topological polar surface area (TPSA) is 26.3 Å². The molecule has 3 heteroatoms. The van der Waals surface area contributed by atoms with Crippen molar-refractivity contribution in [3.63, 3.8) is 0 Å². The summed E-state index contributed by atoms with van der Waals surface area (Å²) < 4.78 is 15.9. The molecule has 0 aliphatic carbocycles. The molecule has 0 heterocycles. The van der Waals surface area contributed by atoms with Crippen molar-refractivity contribution in [2.45, 2.75) is 27.2 Å². The molecule has 0 saturated carbocycles. The van der Waals surface area contributed by atoms with Gasteiger partial charge in [-0.3, -0.25) is 0 Å². The standard InChI is InChI=1S/C7H16O2P/c1-4-5-9-10(8)6-7(2)3/h7H,4-6H2,1-3H3/q+1. The van der Waals surface area contributed by atoms with Crippen molar-refractivity contribution in [3.05, 3.63) is 0 Å². The van der Waals surface area contributed by atoms with E-state index in [2.05, 4.69) is 0 Å². The predicted octanol–water partition coefficient (Wildman–Crippen LogP) is 2.81. The molecule has 1 unspecified atom stereocenters. The van der Waals surface area contributed by atoms with Crippen LogP contribution in [0.1, 0.15) is 27.2 Å². The van der Waals surface area contributed by atoms with Crippen LogP contribution < -0.4 is 0 Å². The minimum atomic E-state index is -1.38. The second-order valence-electron chi connectivity index (χ2n) is 2.74. The third-order valence-corrected chi connectivity index (χ3v) is 2.45. The second-order valence-corrected chi connectivity index (χ2v) is 4.03. The molecule has 0 radical (unpaired) electrons. The monoisotopic (exact) mass is 163 g/mol. The molecule has 2 nitrogen and oxygen atoms in total. The van der Waals surface area contributed by atoms with Crippen LogP contribution in [0, 0.1) is 5.92 Å². The van der Waals surface area contributed by atoms with Gasteiger partial charge >= 0.3 is 8.03 Å². The molecule has 0 rings (SSSR count). The first-order chi connectivity index (χ1) is 4.66. The summed E-state index contributed by atoms with van der Waals surface area (Å²) in [6.07, 6.45) is 1.63. The summed E-state index contributed by atoms with van der Waals surface area (Å²) in [7, 11) is -1.38. The third-order valence-electron chi connectivity index (χ3n) is 0.954. The molecule has 1 atom stereocenters. The zero-order chi connectivity index (χ0) is 7.98. The molecule has 0 spiro atoms. The van der Waals surface area contributed by atoms with Gasteiger partial charge in [0.25, 0.3) is 0 Å². The molecule has 0 aromatic rings. The van der Waals surface area contributed by atoms with Gasteiger partial charge in [0, 0.05) is 5.92 Å². The van der Waals surface area contributed by atoms with Crippen LogP contribution in [-0.4, -0.2) is 12.8 Å². The highest BCUT2D eigenvalue weighted by molar-refractivity contribution is 7.39. The van der Waals surface area contributed by atoms with E-state index in [1.807, 2.05) is 20.8 Å². The first-order valence-electron chi connectivity index (χ1n) is 3.74. The Balaban J connectivity index is 3.26. The Morgan fingerprint density at radius 3 is 2.50 bits per heavy atom. The molecule has 60 valence electrons. The summed E-state index contributed by atoms with van der Waals surface area (Å²) in [6.45, 7) is 6.73. The molecule has 10 heavy (non-hydrogen) atoms. The Morgan fingerprint density at radius 1 is 1.50 bits per heavy atom. The van der Waals surface area contributed by atoms with E-state index < -0.39 is 8.03 Å². The van der Waals surface area contributed by atoms with E-state index in [1.165, 1.54) is 0 Å². The Labute approximate surface area is 63.8 Å². The van der Waals surface area contributed by atoms with Crippen molar-refractivity contribution >= 4 is 8.03 Å². The van der Waals surface area contributed by atoms with E-state index in [9.17, 15) is 4.57 Å². The van der Waals surface area contributed by atoms with Gasteiger partial charge in [-0.25, -0.2) is 0 Å². The zero-order valence-corrected chi connectivity index (χ0v) is 7.86. The minimum absolute atomic E-state index is 0.473. The molecule has 0 fully saturated rings. The highest BCUT2D eigenvalue weighted by Crippen LogP contribution is 2.24. The van der Waals surface area contributed by atoms with E-state index in [0.717, 1.165) is 6.42 Å². The number of rotatable bonds is 5. The quantitative estimate of drug-likeness (QED) is 0.582. The van der Waals surface area contributed by atoms with Gasteiger partial charge in [-0.05, 0) is 11.0 Å². The van der Waals surface area contributed by atoms with Crippen molar-refractivity contribution < 1.29 is 9.09 Å². The Kier molecular flexibility index (Phi) is 5.85. The van der Waals surface area contributed by atoms with E-state index in [4.69, 9.17) is 4.52 Å². The van der Waals surface area contributed by atoms with Crippen LogP contribution in [0.4, 0.5) is 0 Å². The summed E-state index contributed by atoms with van der Waals surface area (Å²) >= 11 is 0. The van der Waals surface area contributed by atoms with Crippen LogP contribution in [0.5, 0.6) is 0 Å². The van der Waals surface area contributed by atoms with Gasteiger partial charge in [0.05, 0.1) is 0 Å². The van der Waals surface area contributed by atoms with Crippen molar-refractivity contribution in [2.24, 2.45) is 5.92 Å². The number of hydrogen-bond donors (Lipinski definition) is 0.